The molecule has 8 fully saturated rings. The number of amides is 1. The quantitative estimate of drug-likeness (QED) is 0.122. The minimum atomic E-state index is -4.21. The van der Waals surface area contributed by atoms with Crippen molar-refractivity contribution in [2.45, 2.75) is 194 Å². The summed E-state index contributed by atoms with van der Waals surface area (Å²) in [6.07, 6.45) is 18.3. The van der Waals surface area contributed by atoms with Gasteiger partial charge < -0.3 is 25.3 Å². The van der Waals surface area contributed by atoms with E-state index >= 15 is 0 Å². The number of nitrogens with zero attached hydrogens (tertiary/aromatic N) is 1. The number of carbonyl (C=O) groups is 1. The topological polar surface area (TPSA) is 156 Å². The Labute approximate surface area is 363 Å². The fraction of sp³-hybridized carbons (Fsp3) is 0.980. The van der Waals surface area contributed by atoms with Crippen molar-refractivity contribution >= 4 is 16.0 Å². The maximum Gasteiger partial charge on any atom is 0.266 e. The zero-order chi connectivity index (χ0) is 43.2. The molecule has 0 aromatic heterocycles. The van der Waals surface area contributed by atoms with E-state index in [2.05, 4.69) is 41.5 Å². The maximum atomic E-state index is 14.0. The predicted octanol–water partition coefficient (Wildman–Crippen LogP) is 8.52. The van der Waals surface area contributed by atoms with Gasteiger partial charge in [-0.15, -0.1) is 0 Å². The van der Waals surface area contributed by atoms with Gasteiger partial charge >= 0.3 is 0 Å². The number of rotatable bonds is 12. The van der Waals surface area contributed by atoms with Crippen LogP contribution in [0.2, 0.25) is 0 Å². The van der Waals surface area contributed by atoms with Crippen molar-refractivity contribution in [1.82, 2.24) is 4.90 Å². The van der Waals surface area contributed by atoms with Gasteiger partial charge in [-0.05, 0) is 215 Å². The van der Waals surface area contributed by atoms with Gasteiger partial charge in [0, 0.05) is 19.5 Å². The highest BCUT2D eigenvalue weighted by molar-refractivity contribution is 7.85. The summed E-state index contributed by atoms with van der Waals surface area (Å²) in [7, 11) is -4.21. The summed E-state index contributed by atoms with van der Waals surface area (Å²) in [6.45, 7) is 15.1. The molecule has 0 aromatic rings. The van der Waals surface area contributed by atoms with Gasteiger partial charge in [0.15, 0.2) is 0 Å². The fourth-order valence-electron chi connectivity index (χ4n) is 18.5. The van der Waals surface area contributed by atoms with Crippen LogP contribution in [0.3, 0.4) is 0 Å². The lowest BCUT2D eigenvalue weighted by Gasteiger charge is -2.62. The van der Waals surface area contributed by atoms with Gasteiger partial charge in [0.25, 0.3) is 10.1 Å². The van der Waals surface area contributed by atoms with Crippen LogP contribution in [0.25, 0.3) is 0 Å². The zero-order valence-corrected chi connectivity index (χ0v) is 39.1. The standard InChI is InChI=1S/C50H85NO8S/c1-30(36-10-12-38-45-40(17-21-49(36,38)5)47(3)19-15-34(52)26-32(47)28-42(45)54)8-7-23-51(24-25-60(57,58)59)44(56)14-9-31(2)37-11-13-39-46-41(18-22-50(37,39)6)48(4)20-16-35(53)27-33(48)29-43(46)55/h30-43,45-46,52-55H,7-29H2,1-6H3,(H,57,58,59)/t30-,31+,32?,33?,34+,35-,36-,37+,38?,39?,40-,41+,42+,43?,45+,46?,47+,48-,49-,50+/m0/s1. The Morgan fingerprint density at radius 2 is 1.03 bits per heavy atom. The highest BCUT2D eigenvalue weighted by atomic mass is 32.2. The molecule has 344 valence electrons. The summed E-state index contributed by atoms with van der Waals surface area (Å²) < 4.78 is 33.6. The Morgan fingerprint density at radius 3 is 1.50 bits per heavy atom. The first-order valence-corrected chi connectivity index (χ1v) is 26.8. The van der Waals surface area contributed by atoms with E-state index in [0.29, 0.717) is 84.0 Å². The lowest BCUT2D eigenvalue weighted by molar-refractivity contribution is -0.174. The van der Waals surface area contributed by atoms with Gasteiger partial charge in [-0.25, -0.2) is 0 Å². The van der Waals surface area contributed by atoms with Crippen LogP contribution in [0.4, 0.5) is 0 Å². The molecule has 8 saturated carbocycles. The predicted molar refractivity (Wildman–Crippen MR) is 235 cm³/mol. The second-order valence-corrected chi connectivity index (χ2v) is 25.8. The first kappa shape index (κ1) is 45.8. The lowest BCUT2D eigenvalue weighted by atomic mass is 9.43. The fourth-order valence-corrected chi connectivity index (χ4v) is 18.9. The number of hydrogen-bond donors (Lipinski definition) is 5. The van der Waals surface area contributed by atoms with E-state index in [4.69, 9.17) is 0 Å². The van der Waals surface area contributed by atoms with E-state index in [0.717, 1.165) is 109 Å². The summed E-state index contributed by atoms with van der Waals surface area (Å²) in [6, 6.07) is 0. The van der Waals surface area contributed by atoms with E-state index in [1.54, 1.807) is 4.90 Å². The highest BCUT2D eigenvalue weighted by Crippen LogP contribution is 2.70. The molecule has 0 spiro atoms. The molecule has 0 heterocycles. The van der Waals surface area contributed by atoms with Crippen molar-refractivity contribution in [3.63, 3.8) is 0 Å². The van der Waals surface area contributed by atoms with Crippen molar-refractivity contribution < 1.29 is 38.2 Å². The number of fused-ring (bicyclic) bond motifs is 10. The van der Waals surface area contributed by atoms with Gasteiger partial charge in [0.05, 0.1) is 30.2 Å². The molecule has 20 atom stereocenters. The van der Waals surface area contributed by atoms with Crippen LogP contribution in [0.1, 0.15) is 170 Å². The molecule has 60 heavy (non-hydrogen) atoms. The number of carbonyl (C=O) groups excluding carboxylic acids is 1. The van der Waals surface area contributed by atoms with Gasteiger partial charge in [-0.2, -0.15) is 8.42 Å². The van der Waals surface area contributed by atoms with Crippen LogP contribution >= 0.6 is 0 Å². The minimum Gasteiger partial charge on any atom is -0.393 e. The smallest absolute Gasteiger partial charge is 0.266 e. The first-order valence-electron chi connectivity index (χ1n) is 25.1. The van der Waals surface area contributed by atoms with Crippen molar-refractivity contribution in [3.8, 4) is 0 Å². The van der Waals surface area contributed by atoms with E-state index in [1.165, 1.54) is 12.8 Å². The molecule has 5 N–H and O–H groups in total. The molecule has 8 aliphatic carbocycles. The molecule has 6 unspecified atom stereocenters. The second kappa shape index (κ2) is 16.9. The van der Waals surface area contributed by atoms with Crippen molar-refractivity contribution in [3.05, 3.63) is 0 Å². The Bertz CT molecular complexity index is 1660. The number of hydrogen-bond acceptors (Lipinski definition) is 7. The SMILES string of the molecule is C[C@H](CCC(=O)N(CCC[C@H](C)[C@@H]1CCC2[C@H]3[C@H](O)CC4C[C@H](O)CC[C@@]4(C)[C@H]3CC[C@]21C)CCS(=O)(=O)O)[C@H]1CCC2C3C(O)CC4C[C@@H](O)CC[C@]4(C)[C@@H]3CC[C@@]21C. The van der Waals surface area contributed by atoms with Gasteiger partial charge in [0.1, 0.15) is 0 Å². The third-order valence-corrected chi connectivity index (χ3v) is 22.4. The zero-order valence-electron chi connectivity index (χ0n) is 38.3. The molecule has 0 aliphatic heterocycles. The first-order chi connectivity index (χ1) is 28.2. The molecule has 10 heteroatoms. The molecular weight excluding hydrogens is 775 g/mol. The average Bonchev–Trinajstić information content (AvgIpc) is 3.72. The summed E-state index contributed by atoms with van der Waals surface area (Å²) in [4.78, 5) is 15.7. The van der Waals surface area contributed by atoms with Crippen molar-refractivity contribution in [2.24, 2.45) is 92.7 Å². The molecule has 0 bridgehead atoms. The third-order valence-electron chi connectivity index (χ3n) is 21.7. The largest absolute Gasteiger partial charge is 0.393 e. The van der Waals surface area contributed by atoms with Crippen LogP contribution in [0.15, 0.2) is 0 Å². The van der Waals surface area contributed by atoms with E-state index in [1.807, 2.05) is 0 Å². The van der Waals surface area contributed by atoms with E-state index in [9.17, 15) is 38.2 Å². The molecule has 1 amide bonds. The Morgan fingerprint density at radius 1 is 0.600 bits per heavy atom. The minimum absolute atomic E-state index is 0.0118. The Hall–Kier alpha value is -0.780. The lowest BCUT2D eigenvalue weighted by Crippen LogP contribution is -2.58. The van der Waals surface area contributed by atoms with Crippen LogP contribution in [0, 0.1) is 92.7 Å². The van der Waals surface area contributed by atoms with Crippen LogP contribution in [-0.4, -0.2) is 87.5 Å². The Balaban J connectivity index is 0.863. The van der Waals surface area contributed by atoms with Gasteiger partial charge in [0.2, 0.25) is 5.91 Å². The number of aliphatic hydroxyl groups excluding tert-OH is 4. The Kier molecular flexibility index (Phi) is 12.9. The van der Waals surface area contributed by atoms with Crippen molar-refractivity contribution in [2.75, 3.05) is 18.8 Å². The molecule has 8 rings (SSSR count). The van der Waals surface area contributed by atoms with Gasteiger partial charge in [-0.3, -0.25) is 9.35 Å². The average molecular weight is 860 g/mol. The van der Waals surface area contributed by atoms with Crippen LogP contribution in [0.5, 0.6) is 0 Å². The molecule has 0 saturated heterocycles. The summed E-state index contributed by atoms with van der Waals surface area (Å²) in [5, 5.41) is 44.4. The van der Waals surface area contributed by atoms with E-state index in [-0.39, 0.29) is 58.5 Å². The number of aliphatic hydroxyl groups is 4. The molecule has 0 radical (unpaired) electrons. The molecule has 9 nitrogen and oxygen atoms in total. The van der Waals surface area contributed by atoms with Crippen LogP contribution in [-0.2, 0) is 14.9 Å². The highest BCUT2D eigenvalue weighted by Gasteiger charge is 2.64. The molecule has 8 aliphatic rings. The van der Waals surface area contributed by atoms with Crippen LogP contribution < -0.4 is 0 Å². The second-order valence-electron chi connectivity index (χ2n) is 24.2. The monoisotopic (exact) mass is 860 g/mol. The normalized spacial score (nSPS) is 49.6. The molecular formula is C50H85NO8S. The summed E-state index contributed by atoms with van der Waals surface area (Å²) in [5.74, 6) is 4.86. The van der Waals surface area contributed by atoms with E-state index < -0.39 is 15.9 Å². The summed E-state index contributed by atoms with van der Waals surface area (Å²) in [5.41, 5.74) is 0.722. The van der Waals surface area contributed by atoms with Gasteiger partial charge in [-0.1, -0.05) is 41.5 Å². The summed E-state index contributed by atoms with van der Waals surface area (Å²) >= 11 is 0. The molecule has 0 aromatic carbocycles. The maximum absolute atomic E-state index is 14.0. The van der Waals surface area contributed by atoms with Crippen molar-refractivity contribution in [1.29, 1.82) is 0 Å². The third kappa shape index (κ3) is 8.01.